The molecule has 0 radical (unpaired) electrons. The predicted octanol–water partition coefficient (Wildman–Crippen LogP) is 5.24. The smallest absolute Gasteiger partial charge is 0.264 e. The first-order chi connectivity index (χ1) is 20.0. The van der Waals surface area contributed by atoms with E-state index in [1.165, 1.54) is 17.0 Å². The number of nitrogens with zero attached hydrogens (tertiary/aromatic N) is 2. The number of carbonyl (C=O) groups is 2. The number of amides is 2. The van der Waals surface area contributed by atoms with Crippen molar-refractivity contribution in [3.63, 3.8) is 0 Å². The second-order valence-electron chi connectivity index (χ2n) is 10.1. The van der Waals surface area contributed by atoms with E-state index in [-0.39, 0.29) is 29.0 Å². The molecule has 3 rings (SSSR count). The highest BCUT2D eigenvalue weighted by Gasteiger charge is 2.32. The van der Waals surface area contributed by atoms with Crippen molar-refractivity contribution in [2.45, 2.75) is 45.2 Å². The summed E-state index contributed by atoms with van der Waals surface area (Å²) in [5, 5.41) is 2.88. The standard InChI is InChI=1S/C31H38BrN3O6S/c1-6-41-27-14-12-26(13-15-27)35(42(38,39)29-16-10-25(32)11-17-29)21-30(36)34(23(4)31(37)33-19-22(2)3)20-24-8-7-9-28(18-24)40-5/h7-18,22-23H,6,19-21H2,1-5H3,(H,33,37)/t23-/m0/s1. The first-order valence-electron chi connectivity index (χ1n) is 13.7. The van der Waals surface area contributed by atoms with Crippen molar-refractivity contribution in [2.75, 3.05) is 31.1 Å². The van der Waals surface area contributed by atoms with Crippen LogP contribution < -0.4 is 19.1 Å². The minimum atomic E-state index is -4.17. The summed E-state index contributed by atoms with van der Waals surface area (Å²) in [5.41, 5.74) is 1.02. The van der Waals surface area contributed by atoms with E-state index in [9.17, 15) is 18.0 Å². The van der Waals surface area contributed by atoms with Crippen LogP contribution in [0.5, 0.6) is 11.5 Å². The van der Waals surface area contributed by atoms with Gasteiger partial charge in [0.25, 0.3) is 10.0 Å². The van der Waals surface area contributed by atoms with Crippen LogP contribution >= 0.6 is 15.9 Å². The fourth-order valence-corrected chi connectivity index (χ4v) is 5.82. The van der Waals surface area contributed by atoms with Crippen LogP contribution in [-0.2, 0) is 26.2 Å². The molecule has 0 bridgehead atoms. The molecular weight excluding hydrogens is 622 g/mol. The van der Waals surface area contributed by atoms with Gasteiger partial charge in [-0.1, -0.05) is 41.9 Å². The van der Waals surface area contributed by atoms with E-state index in [1.54, 1.807) is 68.6 Å². The average Bonchev–Trinajstić information content (AvgIpc) is 2.97. The average molecular weight is 661 g/mol. The SMILES string of the molecule is CCOc1ccc(N(CC(=O)N(Cc2cccc(OC)c2)[C@@H](C)C(=O)NCC(C)C)S(=O)(=O)c2ccc(Br)cc2)cc1. The van der Waals surface area contributed by atoms with Gasteiger partial charge in [-0.25, -0.2) is 8.42 Å². The third-order valence-electron chi connectivity index (χ3n) is 6.46. The number of nitrogens with one attached hydrogen (secondary N) is 1. The molecule has 0 aliphatic carbocycles. The zero-order valence-corrected chi connectivity index (χ0v) is 26.9. The summed E-state index contributed by atoms with van der Waals surface area (Å²) in [5.74, 6) is 0.520. The van der Waals surface area contributed by atoms with Gasteiger partial charge in [0, 0.05) is 17.6 Å². The number of anilines is 1. The fraction of sp³-hybridized carbons (Fsp3) is 0.355. The Morgan fingerprint density at radius 2 is 1.62 bits per heavy atom. The minimum absolute atomic E-state index is 0.0226. The number of ether oxygens (including phenoxy) is 2. The summed E-state index contributed by atoms with van der Waals surface area (Å²) < 4.78 is 40.5. The molecule has 0 fully saturated rings. The van der Waals surface area contributed by atoms with Crippen LogP contribution in [0.4, 0.5) is 5.69 Å². The lowest BCUT2D eigenvalue weighted by molar-refractivity contribution is -0.139. The van der Waals surface area contributed by atoms with Crippen LogP contribution in [0.3, 0.4) is 0 Å². The summed E-state index contributed by atoms with van der Waals surface area (Å²) in [7, 11) is -2.62. The van der Waals surface area contributed by atoms with Gasteiger partial charge >= 0.3 is 0 Å². The molecule has 0 saturated carbocycles. The molecular formula is C31H38BrN3O6S. The topological polar surface area (TPSA) is 105 Å². The van der Waals surface area contributed by atoms with Crippen molar-refractivity contribution < 1.29 is 27.5 Å². The lowest BCUT2D eigenvalue weighted by Gasteiger charge is -2.32. The molecule has 11 heteroatoms. The Bertz CT molecular complexity index is 1450. The number of rotatable bonds is 14. The largest absolute Gasteiger partial charge is 0.497 e. The maximum atomic E-state index is 14.0. The highest BCUT2D eigenvalue weighted by molar-refractivity contribution is 9.10. The molecule has 1 N–H and O–H groups in total. The summed E-state index contributed by atoms with van der Waals surface area (Å²) >= 11 is 3.34. The van der Waals surface area contributed by atoms with E-state index in [0.29, 0.717) is 24.7 Å². The Morgan fingerprint density at radius 3 is 2.21 bits per heavy atom. The molecule has 0 heterocycles. The molecule has 1 atom stereocenters. The molecule has 3 aromatic carbocycles. The molecule has 0 aliphatic rings. The van der Waals surface area contributed by atoms with Gasteiger partial charge in [-0.3, -0.25) is 13.9 Å². The Morgan fingerprint density at radius 1 is 0.952 bits per heavy atom. The number of benzene rings is 3. The second kappa shape index (κ2) is 15.1. The van der Waals surface area contributed by atoms with Gasteiger partial charge in [-0.05, 0) is 86.0 Å². The van der Waals surface area contributed by atoms with Gasteiger partial charge in [-0.2, -0.15) is 0 Å². The van der Waals surface area contributed by atoms with Crippen LogP contribution in [0.2, 0.25) is 0 Å². The summed E-state index contributed by atoms with van der Waals surface area (Å²) in [6, 6.07) is 19.0. The van der Waals surface area contributed by atoms with Gasteiger partial charge in [0.2, 0.25) is 11.8 Å². The van der Waals surface area contributed by atoms with Gasteiger partial charge in [0.15, 0.2) is 0 Å². The third kappa shape index (κ3) is 8.72. The highest BCUT2D eigenvalue weighted by atomic mass is 79.9. The number of sulfonamides is 1. The normalized spacial score (nSPS) is 12.0. The number of hydrogen-bond acceptors (Lipinski definition) is 6. The first kappa shape index (κ1) is 32.9. The third-order valence-corrected chi connectivity index (χ3v) is 8.77. The summed E-state index contributed by atoms with van der Waals surface area (Å²) in [6.07, 6.45) is 0. The lowest BCUT2D eigenvalue weighted by Crippen LogP contribution is -2.51. The molecule has 2 amide bonds. The van der Waals surface area contributed by atoms with Crippen LogP contribution in [0.15, 0.2) is 82.2 Å². The Balaban J connectivity index is 2.02. The summed E-state index contributed by atoms with van der Waals surface area (Å²) in [4.78, 5) is 28.6. The van der Waals surface area contributed by atoms with E-state index in [4.69, 9.17) is 9.47 Å². The van der Waals surface area contributed by atoms with Crippen LogP contribution in [-0.4, -0.2) is 58.0 Å². The number of carbonyl (C=O) groups excluding carboxylic acids is 2. The number of hydrogen-bond donors (Lipinski definition) is 1. The van der Waals surface area contributed by atoms with Crippen molar-refractivity contribution in [2.24, 2.45) is 5.92 Å². The van der Waals surface area contributed by atoms with Crippen LogP contribution in [0.1, 0.15) is 33.3 Å². The van der Waals surface area contributed by atoms with Gasteiger partial charge in [0.1, 0.15) is 24.1 Å². The Labute approximate surface area is 257 Å². The maximum absolute atomic E-state index is 14.0. The van der Waals surface area contributed by atoms with E-state index in [1.807, 2.05) is 26.8 Å². The molecule has 3 aromatic rings. The van der Waals surface area contributed by atoms with E-state index in [0.717, 1.165) is 14.3 Å². The first-order valence-corrected chi connectivity index (χ1v) is 15.9. The Hall–Kier alpha value is -3.57. The zero-order valence-electron chi connectivity index (χ0n) is 24.5. The van der Waals surface area contributed by atoms with Gasteiger partial charge in [0.05, 0.1) is 24.3 Å². The van der Waals surface area contributed by atoms with Crippen molar-refractivity contribution >= 4 is 43.5 Å². The van der Waals surface area contributed by atoms with Crippen LogP contribution in [0.25, 0.3) is 0 Å². The quantitative estimate of drug-likeness (QED) is 0.254. The maximum Gasteiger partial charge on any atom is 0.264 e. The zero-order chi connectivity index (χ0) is 30.9. The molecule has 0 aliphatic heterocycles. The molecule has 226 valence electrons. The van der Waals surface area contributed by atoms with Crippen molar-refractivity contribution in [1.29, 1.82) is 0 Å². The van der Waals surface area contributed by atoms with Crippen LogP contribution in [0, 0.1) is 5.92 Å². The minimum Gasteiger partial charge on any atom is -0.497 e. The van der Waals surface area contributed by atoms with E-state index < -0.39 is 28.5 Å². The molecule has 9 nitrogen and oxygen atoms in total. The van der Waals surface area contributed by atoms with Gasteiger partial charge in [-0.15, -0.1) is 0 Å². The molecule has 42 heavy (non-hydrogen) atoms. The second-order valence-corrected chi connectivity index (χ2v) is 12.9. The van der Waals surface area contributed by atoms with Crippen molar-refractivity contribution in [3.8, 4) is 11.5 Å². The van der Waals surface area contributed by atoms with Crippen molar-refractivity contribution in [1.82, 2.24) is 10.2 Å². The summed E-state index contributed by atoms with van der Waals surface area (Å²) in [6.45, 7) is 7.89. The predicted molar refractivity (Wildman–Crippen MR) is 167 cm³/mol. The molecule has 0 aromatic heterocycles. The van der Waals surface area contributed by atoms with E-state index >= 15 is 0 Å². The van der Waals surface area contributed by atoms with E-state index in [2.05, 4.69) is 21.2 Å². The number of methoxy groups -OCH3 is 1. The van der Waals surface area contributed by atoms with Crippen molar-refractivity contribution in [3.05, 3.63) is 82.8 Å². The van der Waals surface area contributed by atoms with Gasteiger partial charge < -0.3 is 19.7 Å². The molecule has 0 unspecified atom stereocenters. The Kier molecular flexibility index (Phi) is 11.8. The lowest BCUT2D eigenvalue weighted by atomic mass is 10.1. The molecule has 0 saturated heterocycles. The highest BCUT2D eigenvalue weighted by Crippen LogP contribution is 2.27. The monoisotopic (exact) mass is 659 g/mol. The number of halogens is 1. The fourth-order valence-electron chi connectivity index (χ4n) is 4.14. The molecule has 0 spiro atoms.